The van der Waals surface area contributed by atoms with E-state index in [0.717, 1.165) is 55.9 Å². The van der Waals surface area contributed by atoms with E-state index in [4.69, 9.17) is 9.72 Å². The van der Waals surface area contributed by atoms with Crippen molar-refractivity contribution in [3.8, 4) is 0 Å². The molecule has 1 saturated heterocycles. The van der Waals surface area contributed by atoms with E-state index in [9.17, 15) is 0 Å². The fourth-order valence-electron chi connectivity index (χ4n) is 2.81. The standard InChI is InChI=1S/C17H24N4OS/c1-3-22-14(2)17-19-15(13-23-17)12-20-8-10-21(11-9-20)16-6-4-5-7-18-16/h4-7,13-14H,3,8-12H2,1-2H3. The molecule has 3 rings (SSSR count). The van der Waals surface area contributed by atoms with Crippen LogP contribution in [-0.4, -0.2) is 47.7 Å². The van der Waals surface area contributed by atoms with Gasteiger partial charge in [-0.25, -0.2) is 9.97 Å². The highest BCUT2D eigenvalue weighted by atomic mass is 32.1. The molecule has 0 N–H and O–H groups in total. The SMILES string of the molecule is CCOC(C)c1nc(CN2CCN(c3ccccn3)CC2)cs1. The molecule has 0 radical (unpaired) electrons. The van der Waals surface area contributed by atoms with Crippen LogP contribution >= 0.6 is 11.3 Å². The fourth-order valence-corrected chi connectivity index (χ4v) is 3.62. The number of aromatic nitrogens is 2. The molecule has 0 aromatic carbocycles. The van der Waals surface area contributed by atoms with Gasteiger partial charge >= 0.3 is 0 Å². The molecule has 1 aliphatic heterocycles. The van der Waals surface area contributed by atoms with Crippen LogP contribution < -0.4 is 4.90 Å². The van der Waals surface area contributed by atoms with Gasteiger partial charge in [0.05, 0.1) is 5.69 Å². The van der Waals surface area contributed by atoms with Crippen molar-refractivity contribution in [3.05, 3.63) is 40.5 Å². The Balaban J connectivity index is 1.51. The van der Waals surface area contributed by atoms with Crippen molar-refractivity contribution in [3.63, 3.8) is 0 Å². The van der Waals surface area contributed by atoms with E-state index in [1.54, 1.807) is 11.3 Å². The summed E-state index contributed by atoms with van der Waals surface area (Å²) in [7, 11) is 0. The lowest BCUT2D eigenvalue weighted by Gasteiger charge is -2.35. The molecule has 5 nitrogen and oxygen atoms in total. The summed E-state index contributed by atoms with van der Waals surface area (Å²) in [6, 6.07) is 6.09. The molecular formula is C17H24N4OS. The second-order valence-electron chi connectivity index (χ2n) is 5.73. The summed E-state index contributed by atoms with van der Waals surface area (Å²) in [6.45, 7) is 9.86. The Kier molecular flexibility index (Phi) is 5.59. The largest absolute Gasteiger partial charge is 0.372 e. The highest BCUT2D eigenvalue weighted by molar-refractivity contribution is 7.09. The van der Waals surface area contributed by atoms with Crippen molar-refractivity contribution < 1.29 is 4.74 Å². The number of hydrogen-bond donors (Lipinski definition) is 0. The smallest absolute Gasteiger partial charge is 0.128 e. The third kappa shape index (κ3) is 4.28. The Hall–Kier alpha value is -1.50. The second kappa shape index (κ2) is 7.86. The minimum atomic E-state index is 0.0970. The van der Waals surface area contributed by atoms with Gasteiger partial charge in [0.25, 0.3) is 0 Å². The van der Waals surface area contributed by atoms with Crippen LogP contribution in [0.1, 0.15) is 30.7 Å². The molecule has 2 aromatic rings. The van der Waals surface area contributed by atoms with E-state index in [1.165, 1.54) is 0 Å². The van der Waals surface area contributed by atoms with Crippen LogP contribution in [0, 0.1) is 0 Å². The van der Waals surface area contributed by atoms with Crippen LogP contribution in [0.5, 0.6) is 0 Å². The number of nitrogens with zero attached hydrogens (tertiary/aromatic N) is 4. The first-order valence-corrected chi connectivity index (χ1v) is 9.08. The fraction of sp³-hybridized carbons (Fsp3) is 0.529. The molecule has 0 bridgehead atoms. The Morgan fingerprint density at radius 1 is 1.26 bits per heavy atom. The van der Waals surface area contributed by atoms with Gasteiger partial charge in [0.1, 0.15) is 16.9 Å². The van der Waals surface area contributed by atoms with Gasteiger partial charge in [0.15, 0.2) is 0 Å². The molecule has 1 atom stereocenters. The molecule has 1 aliphatic rings. The number of thiazole rings is 1. The van der Waals surface area contributed by atoms with Gasteiger partial charge in [0, 0.05) is 50.9 Å². The van der Waals surface area contributed by atoms with Crippen LogP contribution in [-0.2, 0) is 11.3 Å². The molecular weight excluding hydrogens is 308 g/mol. The zero-order chi connectivity index (χ0) is 16.1. The Labute approximate surface area is 141 Å². The molecule has 1 fully saturated rings. The lowest BCUT2D eigenvalue weighted by molar-refractivity contribution is 0.0760. The van der Waals surface area contributed by atoms with Crippen molar-refractivity contribution in [1.82, 2.24) is 14.9 Å². The maximum Gasteiger partial charge on any atom is 0.128 e. The maximum atomic E-state index is 5.61. The highest BCUT2D eigenvalue weighted by Crippen LogP contribution is 2.22. The van der Waals surface area contributed by atoms with Crippen LogP contribution in [0.15, 0.2) is 29.8 Å². The van der Waals surface area contributed by atoms with Crippen LogP contribution in [0.3, 0.4) is 0 Å². The van der Waals surface area contributed by atoms with Crippen molar-refractivity contribution in [1.29, 1.82) is 0 Å². The van der Waals surface area contributed by atoms with Crippen molar-refractivity contribution in [2.24, 2.45) is 0 Å². The van der Waals surface area contributed by atoms with Crippen LogP contribution in [0.2, 0.25) is 0 Å². The second-order valence-corrected chi connectivity index (χ2v) is 6.62. The monoisotopic (exact) mass is 332 g/mol. The van der Waals surface area contributed by atoms with Crippen molar-refractivity contribution >= 4 is 17.2 Å². The van der Waals surface area contributed by atoms with Gasteiger partial charge in [-0.1, -0.05) is 6.07 Å². The first-order chi connectivity index (χ1) is 11.3. The average Bonchev–Trinajstić information content (AvgIpc) is 3.05. The van der Waals surface area contributed by atoms with E-state index in [2.05, 4.69) is 33.2 Å². The first-order valence-electron chi connectivity index (χ1n) is 8.20. The van der Waals surface area contributed by atoms with E-state index in [-0.39, 0.29) is 6.10 Å². The Morgan fingerprint density at radius 2 is 2.09 bits per heavy atom. The van der Waals surface area contributed by atoms with Gasteiger partial charge in [-0.05, 0) is 26.0 Å². The molecule has 1 unspecified atom stereocenters. The predicted molar refractivity (Wildman–Crippen MR) is 93.9 cm³/mol. The lowest BCUT2D eigenvalue weighted by Crippen LogP contribution is -2.46. The summed E-state index contributed by atoms with van der Waals surface area (Å²) in [5.74, 6) is 1.08. The number of hydrogen-bond acceptors (Lipinski definition) is 6. The molecule has 3 heterocycles. The normalized spacial score (nSPS) is 17.4. The van der Waals surface area contributed by atoms with E-state index in [1.807, 2.05) is 25.3 Å². The van der Waals surface area contributed by atoms with E-state index < -0.39 is 0 Å². The molecule has 23 heavy (non-hydrogen) atoms. The Bertz CT molecular complexity index is 596. The van der Waals surface area contributed by atoms with Crippen molar-refractivity contribution in [2.45, 2.75) is 26.5 Å². The number of ether oxygens (including phenoxy) is 1. The third-order valence-electron chi connectivity index (χ3n) is 4.07. The topological polar surface area (TPSA) is 41.5 Å². The predicted octanol–water partition coefficient (Wildman–Crippen LogP) is 2.96. The number of anilines is 1. The molecule has 6 heteroatoms. The summed E-state index contributed by atoms with van der Waals surface area (Å²) in [4.78, 5) is 14.0. The van der Waals surface area contributed by atoms with E-state index in [0.29, 0.717) is 0 Å². The van der Waals surface area contributed by atoms with Crippen LogP contribution in [0.4, 0.5) is 5.82 Å². The molecule has 0 amide bonds. The summed E-state index contributed by atoms with van der Waals surface area (Å²) in [5, 5.41) is 3.24. The van der Waals surface area contributed by atoms with Gasteiger partial charge < -0.3 is 9.64 Å². The van der Waals surface area contributed by atoms with Crippen LogP contribution in [0.25, 0.3) is 0 Å². The zero-order valence-corrected chi connectivity index (χ0v) is 14.6. The zero-order valence-electron chi connectivity index (χ0n) is 13.8. The highest BCUT2D eigenvalue weighted by Gasteiger charge is 2.19. The molecule has 2 aromatic heterocycles. The summed E-state index contributed by atoms with van der Waals surface area (Å²) >= 11 is 1.70. The van der Waals surface area contributed by atoms with E-state index >= 15 is 0 Å². The average molecular weight is 332 g/mol. The number of rotatable bonds is 6. The lowest BCUT2D eigenvalue weighted by atomic mass is 10.3. The molecule has 0 saturated carbocycles. The van der Waals surface area contributed by atoms with Crippen molar-refractivity contribution in [2.75, 3.05) is 37.7 Å². The summed E-state index contributed by atoms with van der Waals surface area (Å²) in [5.41, 5.74) is 1.16. The first kappa shape index (κ1) is 16.4. The third-order valence-corrected chi connectivity index (χ3v) is 5.12. The molecule has 0 spiro atoms. The molecule has 0 aliphatic carbocycles. The quantitative estimate of drug-likeness (QED) is 0.813. The summed E-state index contributed by atoms with van der Waals surface area (Å²) in [6.07, 6.45) is 1.96. The Morgan fingerprint density at radius 3 is 2.78 bits per heavy atom. The minimum absolute atomic E-state index is 0.0970. The number of piperazine rings is 1. The number of pyridine rings is 1. The van der Waals surface area contributed by atoms with Gasteiger partial charge in [-0.2, -0.15) is 0 Å². The van der Waals surface area contributed by atoms with Gasteiger partial charge in [-0.15, -0.1) is 11.3 Å². The minimum Gasteiger partial charge on any atom is -0.372 e. The van der Waals surface area contributed by atoms with Gasteiger partial charge in [0.2, 0.25) is 0 Å². The summed E-state index contributed by atoms with van der Waals surface area (Å²) < 4.78 is 5.61. The van der Waals surface area contributed by atoms with Gasteiger partial charge in [-0.3, -0.25) is 4.90 Å². The molecule has 124 valence electrons. The maximum absolute atomic E-state index is 5.61.